The van der Waals surface area contributed by atoms with E-state index in [0.717, 1.165) is 17.0 Å². The zero-order valence-electron chi connectivity index (χ0n) is 9.68. The first-order valence-electron chi connectivity index (χ1n) is 5.57. The minimum atomic E-state index is 0.127. The highest BCUT2D eigenvalue weighted by molar-refractivity contribution is 7.80. The van der Waals surface area contributed by atoms with Crippen LogP contribution in [0.1, 0.15) is 17.5 Å². The van der Waals surface area contributed by atoms with Crippen molar-refractivity contribution in [2.45, 2.75) is 13.3 Å². The lowest BCUT2D eigenvalue weighted by molar-refractivity contribution is -0.117. The number of hydrogen-bond acceptors (Lipinski definition) is 3. The van der Waals surface area contributed by atoms with Crippen LogP contribution in [-0.4, -0.2) is 18.2 Å². The maximum atomic E-state index is 11.9. The zero-order valence-corrected chi connectivity index (χ0v) is 10.6. The van der Waals surface area contributed by atoms with Gasteiger partial charge >= 0.3 is 0 Å². The van der Waals surface area contributed by atoms with Crippen molar-refractivity contribution >= 4 is 24.2 Å². The number of nitrogens with zero attached hydrogens (tertiary/aromatic N) is 2. The second kappa shape index (κ2) is 4.80. The van der Waals surface area contributed by atoms with Gasteiger partial charge in [-0.25, -0.2) is 0 Å². The van der Waals surface area contributed by atoms with Crippen molar-refractivity contribution in [3.8, 4) is 6.07 Å². The monoisotopic (exact) mass is 246 g/mol. The number of aryl methyl sites for hydroxylation is 1. The molecule has 1 amide bonds. The molecule has 1 aromatic rings. The van der Waals surface area contributed by atoms with Crippen LogP contribution >= 0.6 is 12.6 Å². The quantitative estimate of drug-likeness (QED) is 0.813. The summed E-state index contributed by atoms with van der Waals surface area (Å²) in [7, 11) is 0. The summed E-state index contributed by atoms with van der Waals surface area (Å²) in [6.07, 6.45) is 0.555. The maximum Gasteiger partial charge on any atom is 0.227 e. The number of rotatable bonds is 2. The second-order valence-corrected chi connectivity index (χ2v) is 4.74. The van der Waals surface area contributed by atoms with E-state index in [4.69, 9.17) is 5.26 Å². The fourth-order valence-corrected chi connectivity index (χ4v) is 2.35. The van der Waals surface area contributed by atoms with Crippen LogP contribution in [0.4, 0.5) is 5.69 Å². The highest BCUT2D eigenvalue weighted by Gasteiger charge is 2.30. The van der Waals surface area contributed by atoms with Crippen molar-refractivity contribution in [1.82, 2.24) is 0 Å². The van der Waals surface area contributed by atoms with Crippen LogP contribution < -0.4 is 4.90 Å². The Kier molecular flexibility index (Phi) is 3.39. The Labute approximate surface area is 106 Å². The fourth-order valence-electron chi connectivity index (χ4n) is 2.11. The molecule has 3 nitrogen and oxygen atoms in total. The van der Waals surface area contributed by atoms with Crippen molar-refractivity contribution in [2.24, 2.45) is 5.92 Å². The molecule has 0 N–H and O–H groups in total. The summed E-state index contributed by atoms with van der Waals surface area (Å²) in [6, 6.07) is 7.55. The van der Waals surface area contributed by atoms with Gasteiger partial charge in [-0.15, -0.1) is 0 Å². The Morgan fingerprint density at radius 2 is 2.35 bits per heavy atom. The first-order chi connectivity index (χ1) is 8.15. The molecule has 1 saturated heterocycles. The smallest absolute Gasteiger partial charge is 0.227 e. The van der Waals surface area contributed by atoms with E-state index in [1.54, 1.807) is 17.0 Å². The number of benzene rings is 1. The van der Waals surface area contributed by atoms with Gasteiger partial charge in [0, 0.05) is 18.7 Å². The molecule has 0 radical (unpaired) electrons. The average Bonchev–Trinajstić information content (AvgIpc) is 2.71. The summed E-state index contributed by atoms with van der Waals surface area (Å²) in [6.45, 7) is 2.66. The van der Waals surface area contributed by atoms with Gasteiger partial charge < -0.3 is 4.90 Å². The summed E-state index contributed by atoms with van der Waals surface area (Å²) in [5.41, 5.74) is 2.48. The molecule has 0 aliphatic carbocycles. The SMILES string of the molecule is Cc1ccc(C#N)cc1N1CC(CS)CC1=O. The molecule has 0 spiro atoms. The Morgan fingerprint density at radius 3 is 2.94 bits per heavy atom. The third-order valence-corrected chi connectivity index (χ3v) is 3.61. The van der Waals surface area contributed by atoms with Gasteiger partial charge in [0.25, 0.3) is 0 Å². The molecule has 1 heterocycles. The summed E-state index contributed by atoms with van der Waals surface area (Å²) in [5, 5.41) is 8.89. The second-order valence-electron chi connectivity index (χ2n) is 4.37. The van der Waals surface area contributed by atoms with E-state index < -0.39 is 0 Å². The lowest BCUT2D eigenvalue weighted by Gasteiger charge is -2.19. The molecule has 1 fully saturated rings. The molecule has 1 aromatic carbocycles. The molecule has 0 aromatic heterocycles. The average molecular weight is 246 g/mol. The van der Waals surface area contributed by atoms with Crippen LogP contribution in [0.25, 0.3) is 0 Å². The molecule has 88 valence electrons. The zero-order chi connectivity index (χ0) is 12.4. The highest BCUT2D eigenvalue weighted by Crippen LogP contribution is 2.29. The number of thiol groups is 1. The third kappa shape index (κ3) is 2.29. The molecule has 1 atom stereocenters. The highest BCUT2D eigenvalue weighted by atomic mass is 32.1. The molecule has 2 rings (SSSR count). The molecular weight excluding hydrogens is 232 g/mol. The summed E-state index contributed by atoms with van der Waals surface area (Å²) < 4.78 is 0. The minimum absolute atomic E-state index is 0.127. The third-order valence-electron chi connectivity index (χ3n) is 3.09. The van der Waals surface area contributed by atoms with E-state index >= 15 is 0 Å². The number of hydrogen-bond donors (Lipinski definition) is 1. The van der Waals surface area contributed by atoms with Crippen molar-refractivity contribution in [1.29, 1.82) is 5.26 Å². The predicted molar refractivity (Wildman–Crippen MR) is 70.2 cm³/mol. The maximum absolute atomic E-state index is 11.9. The van der Waals surface area contributed by atoms with Crippen LogP contribution in [0, 0.1) is 24.2 Å². The standard InChI is InChI=1S/C13H14N2OS/c1-9-2-3-10(6-14)4-12(9)15-7-11(8-17)5-13(15)16/h2-4,11,17H,5,7-8H2,1H3. The van der Waals surface area contributed by atoms with Gasteiger partial charge in [0.1, 0.15) is 0 Å². The van der Waals surface area contributed by atoms with E-state index in [9.17, 15) is 4.79 Å². The molecule has 0 saturated carbocycles. The van der Waals surface area contributed by atoms with Crippen molar-refractivity contribution in [3.63, 3.8) is 0 Å². The molecule has 0 bridgehead atoms. The van der Waals surface area contributed by atoms with E-state index in [1.165, 1.54) is 0 Å². The number of carbonyl (C=O) groups is 1. The van der Waals surface area contributed by atoms with Gasteiger partial charge in [0.15, 0.2) is 0 Å². The van der Waals surface area contributed by atoms with Crippen LogP contribution in [0.3, 0.4) is 0 Å². The van der Waals surface area contributed by atoms with Crippen LogP contribution in [0.5, 0.6) is 0 Å². The molecule has 4 heteroatoms. The van der Waals surface area contributed by atoms with Crippen molar-refractivity contribution in [2.75, 3.05) is 17.2 Å². The van der Waals surface area contributed by atoms with Crippen LogP contribution in [-0.2, 0) is 4.79 Å². The number of nitriles is 1. The number of carbonyl (C=O) groups excluding carboxylic acids is 1. The Hall–Kier alpha value is -1.47. The summed E-state index contributed by atoms with van der Waals surface area (Å²) in [5.74, 6) is 1.16. The van der Waals surface area contributed by atoms with Crippen molar-refractivity contribution in [3.05, 3.63) is 29.3 Å². The van der Waals surface area contributed by atoms with Gasteiger partial charge in [-0.05, 0) is 36.3 Å². The Balaban J connectivity index is 2.34. The predicted octanol–water partition coefficient (Wildman–Crippen LogP) is 2.15. The van der Waals surface area contributed by atoms with E-state index in [1.807, 2.05) is 13.0 Å². The van der Waals surface area contributed by atoms with E-state index in [-0.39, 0.29) is 5.91 Å². The molecule has 1 aliphatic rings. The first-order valence-corrected chi connectivity index (χ1v) is 6.21. The molecule has 1 aliphatic heterocycles. The van der Waals surface area contributed by atoms with Crippen LogP contribution in [0.15, 0.2) is 18.2 Å². The molecular formula is C13H14N2OS. The Morgan fingerprint density at radius 1 is 1.59 bits per heavy atom. The van der Waals surface area contributed by atoms with E-state index in [0.29, 0.717) is 24.4 Å². The molecule has 17 heavy (non-hydrogen) atoms. The Bertz CT molecular complexity index is 493. The first kappa shape index (κ1) is 12.0. The largest absolute Gasteiger partial charge is 0.312 e. The topological polar surface area (TPSA) is 44.1 Å². The fraction of sp³-hybridized carbons (Fsp3) is 0.385. The minimum Gasteiger partial charge on any atom is -0.312 e. The number of amides is 1. The van der Waals surface area contributed by atoms with Gasteiger partial charge in [0.05, 0.1) is 11.6 Å². The van der Waals surface area contributed by atoms with Crippen molar-refractivity contribution < 1.29 is 4.79 Å². The lowest BCUT2D eigenvalue weighted by atomic mass is 10.1. The normalized spacial score (nSPS) is 19.5. The van der Waals surface area contributed by atoms with Gasteiger partial charge in [-0.2, -0.15) is 17.9 Å². The van der Waals surface area contributed by atoms with Gasteiger partial charge in [-0.3, -0.25) is 4.79 Å². The van der Waals surface area contributed by atoms with Crippen LogP contribution in [0.2, 0.25) is 0 Å². The summed E-state index contributed by atoms with van der Waals surface area (Å²) in [4.78, 5) is 13.7. The van der Waals surface area contributed by atoms with Gasteiger partial charge in [0.2, 0.25) is 5.91 Å². The molecule has 1 unspecified atom stereocenters. The van der Waals surface area contributed by atoms with Gasteiger partial charge in [-0.1, -0.05) is 6.07 Å². The summed E-state index contributed by atoms with van der Waals surface area (Å²) >= 11 is 4.24. The lowest BCUT2D eigenvalue weighted by Crippen LogP contribution is -2.25. The number of anilines is 1. The van der Waals surface area contributed by atoms with E-state index in [2.05, 4.69) is 18.7 Å².